The van der Waals surface area contributed by atoms with E-state index in [1.165, 1.54) is 0 Å². The number of nitrogens with two attached hydrogens (primary N) is 2. The van der Waals surface area contributed by atoms with Gasteiger partial charge in [-0.1, -0.05) is 41.9 Å². The van der Waals surface area contributed by atoms with Gasteiger partial charge in [0.05, 0.1) is 6.42 Å². The molecule has 0 fully saturated rings. The maximum absolute atomic E-state index is 11.8. The lowest BCUT2D eigenvalue weighted by molar-refractivity contribution is -0.117. The van der Waals surface area contributed by atoms with E-state index in [9.17, 15) is 4.79 Å². The van der Waals surface area contributed by atoms with Crippen molar-refractivity contribution in [1.82, 2.24) is 0 Å². The maximum atomic E-state index is 11.8. The summed E-state index contributed by atoms with van der Waals surface area (Å²) in [6, 6.07) is 13.3. The van der Waals surface area contributed by atoms with Crippen LogP contribution < -0.4 is 11.5 Å². The monoisotopic (exact) mass is 301 g/mol. The molecule has 5 heteroatoms. The molecule has 0 atom stereocenters. The highest BCUT2D eigenvalue weighted by molar-refractivity contribution is 6.30. The molecular formula is C16H16ClN3O. The topological polar surface area (TPSA) is 81.5 Å². The Kier molecular flexibility index (Phi) is 4.60. The van der Waals surface area contributed by atoms with E-state index in [-0.39, 0.29) is 18.3 Å². The van der Waals surface area contributed by atoms with Gasteiger partial charge in [0, 0.05) is 5.02 Å². The largest absolute Gasteiger partial charge is 0.370 e. The number of aryl methyl sites for hydroxylation is 1. The molecule has 21 heavy (non-hydrogen) atoms. The lowest BCUT2D eigenvalue weighted by Gasteiger charge is -2.11. The van der Waals surface area contributed by atoms with Crippen LogP contribution in [0.3, 0.4) is 0 Å². The quantitative estimate of drug-likeness (QED) is 0.675. The summed E-state index contributed by atoms with van der Waals surface area (Å²) in [6.45, 7) is 2.00. The summed E-state index contributed by atoms with van der Waals surface area (Å²) in [5.74, 6) is -0.599. The maximum Gasteiger partial charge on any atom is 0.253 e. The smallest absolute Gasteiger partial charge is 0.253 e. The SMILES string of the molecule is Cc1ccc(Cl)cc1-c1ccccc1CC(=O)N=C(N)N. The molecule has 0 aliphatic carbocycles. The van der Waals surface area contributed by atoms with E-state index >= 15 is 0 Å². The third kappa shape index (κ3) is 3.83. The van der Waals surface area contributed by atoms with Crippen LogP contribution in [0.4, 0.5) is 0 Å². The lowest BCUT2D eigenvalue weighted by Crippen LogP contribution is -2.24. The van der Waals surface area contributed by atoms with Gasteiger partial charge in [-0.25, -0.2) is 0 Å². The Hall–Kier alpha value is -2.33. The van der Waals surface area contributed by atoms with Gasteiger partial charge < -0.3 is 11.5 Å². The highest BCUT2D eigenvalue weighted by atomic mass is 35.5. The zero-order valence-corrected chi connectivity index (χ0v) is 12.4. The normalized spacial score (nSPS) is 10.2. The molecule has 2 rings (SSSR count). The first-order valence-corrected chi connectivity index (χ1v) is 6.82. The highest BCUT2D eigenvalue weighted by Crippen LogP contribution is 2.29. The Morgan fingerprint density at radius 1 is 1.14 bits per heavy atom. The zero-order chi connectivity index (χ0) is 15.4. The minimum atomic E-state index is -0.373. The Morgan fingerprint density at radius 2 is 1.86 bits per heavy atom. The first-order chi connectivity index (χ1) is 9.97. The molecule has 0 radical (unpaired) electrons. The van der Waals surface area contributed by atoms with Gasteiger partial charge in [0.15, 0.2) is 5.96 Å². The van der Waals surface area contributed by atoms with Gasteiger partial charge in [-0.2, -0.15) is 4.99 Å². The van der Waals surface area contributed by atoms with Crippen LogP contribution in [0, 0.1) is 6.92 Å². The third-order valence-electron chi connectivity index (χ3n) is 3.10. The molecule has 0 saturated heterocycles. The van der Waals surface area contributed by atoms with Crippen molar-refractivity contribution in [3.05, 3.63) is 58.6 Å². The molecule has 0 aliphatic rings. The van der Waals surface area contributed by atoms with Gasteiger partial charge in [-0.3, -0.25) is 4.79 Å². The van der Waals surface area contributed by atoms with Crippen LogP contribution in [0.1, 0.15) is 11.1 Å². The van der Waals surface area contributed by atoms with Crippen molar-refractivity contribution in [2.45, 2.75) is 13.3 Å². The van der Waals surface area contributed by atoms with Crippen LogP contribution >= 0.6 is 11.6 Å². The summed E-state index contributed by atoms with van der Waals surface area (Å²) in [6.07, 6.45) is 0.139. The van der Waals surface area contributed by atoms with Gasteiger partial charge in [0.25, 0.3) is 5.91 Å². The molecule has 2 aromatic carbocycles. The summed E-state index contributed by atoms with van der Waals surface area (Å²) in [5.41, 5.74) is 14.4. The van der Waals surface area contributed by atoms with E-state index in [0.717, 1.165) is 22.3 Å². The van der Waals surface area contributed by atoms with Crippen LogP contribution in [-0.2, 0) is 11.2 Å². The molecule has 0 aliphatic heterocycles. The molecule has 0 heterocycles. The predicted molar refractivity (Wildman–Crippen MR) is 86.1 cm³/mol. The number of benzene rings is 2. The Labute approximate surface area is 128 Å². The van der Waals surface area contributed by atoms with Crippen molar-refractivity contribution in [3.8, 4) is 11.1 Å². The number of carbonyl (C=O) groups is 1. The molecular weight excluding hydrogens is 286 g/mol. The third-order valence-corrected chi connectivity index (χ3v) is 3.34. The van der Waals surface area contributed by atoms with E-state index in [1.54, 1.807) is 0 Å². The fraction of sp³-hybridized carbons (Fsp3) is 0.125. The fourth-order valence-electron chi connectivity index (χ4n) is 2.17. The van der Waals surface area contributed by atoms with Gasteiger partial charge in [0.1, 0.15) is 0 Å². The van der Waals surface area contributed by atoms with Crippen molar-refractivity contribution < 1.29 is 4.79 Å². The van der Waals surface area contributed by atoms with E-state index in [0.29, 0.717) is 5.02 Å². The average Bonchev–Trinajstić information content (AvgIpc) is 2.41. The van der Waals surface area contributed by atoms with Crippen LogP contribution in [0.15, 0.2) is 47.5 Å². The zero-order valence-electron chi connectivity index (χ0n) is 11.6. The second-order valence-electron chi connectivity index (χ2n) is 4.72. The molecule has 4 nitrogen and oxygen atoms in total. The number of amides is 1. The van der Waals surface area contributed by atoms with Crippen molar-refractivity contribution in [2.24, 2.45) is 16.5 Å². The number of halogens is 1. The first kappa shape index (κ1) is 15.1. The summed E-state index contributed by atoms with van der Waals surface area (Å²) in [7, 11) is 0. The molecule has 1 amide bonds. The van der Waals surface area contributed by atoms with Gasteiger partial charge >= 0.3 is 0 Å². The van der Waals surface area contributed by atoms with E-state index in [2.05, 4.69) is 4.99 Å². The molecule has 0 unspecified atom stereocenters. The van der Waals surface area contributed by atoms with E-state index < -0.39 is 0 Å². The summed E-state index contributed by atoms with van der Waals surface area (Å²) < 4.78 is 0. The Balaban J connectivity index is 2.44. The lowest BCUT2D eigenvalue weighted by atomic mass is 9.94. The summed E-state index contributed by atoms with van der Waals surface area (Å²) >= 11 is 6.07. The Bertz CT molecular complexity index is 706. The average molecular weight is 302 g/mol. The fourth-order valence-corrected chi connectivity index (χ4v) is 2.34. The minimum absolute atomic E-state index is 0.139. The summed E-state index contributed by atoms with van der Waals surface area (Å²) in [5, 5.41) is 0.654. The van der Waals surface area contributed by atoms with Crippen molar-refractivity contribution in [2.75, 3.05) is 0 Å². The number of guanidine groups is 1. The molecule has 0 aromatic heterocycles. The highest BCUT2D eigenvalue weighted by Gasteiger charge is 2.11. The molecule has 0 saturated carbocycles. The number of nitrogens with zero attached hydrogens (tertiary/aromatic N) is 1. The second-order valence-corrected chi connectivity index (χ2v) is 5.16. The molecule has 4 N–H and O–H groups in total. The summed E-state index contributed by atoms with van der Waals surface area (Å²) in [4.78, 5) is 15.3. The van der Waals surface area contributed by atoms with Crippen LogP contribution in [-0.4, -0.2) is 11.9 Å². The number of hydrogen-bond donors (Lipinski definition) is 2. The van der Waals surface area contributed by atoms with Gasteiger partial charge in [-0.15, -0.1) is 0 Å². The number of hydrogen-bond acceptors (Lipinski definition) is 1. The van der Waals surface area contributed by atoms with Gasteiger partial charge in [0.2, 0.25) is 0 Å². The Morgan fingerprint density at radius 3 is 2.57 bits per heavy atom. The van der Waals surface area contributed by atoms with Crippen molar-refractivity contribution in [1.29, 1.82) is 0 Å². The van der Waals surface area contributed by atoms with Crippen LogP contribution in [0.25, 0.3) is 11.1 Å². The van der Waals surface area contributed by atoms with Crippen LogP contribution in [0.5, 0.6) is 0 Å². The van der Waals surface area contributed by atoms with Gasteiger partial charge in [-0.05, 0) is 41.3 Å². The number of rotatable bonds is 3. The molecule has 2 aromatic rings. The number of carbonyl (C=O) groups excluding carboxylic acids is 1. The van der Waals surface area contributed by atoms with Crippen molar-refractivity contribution >= 4 is 23.5 Å². The van der Waals surface area contributed by atoms with Crippen LogP contribution in [0.2, 0.25) is 5.02 Å². The standard InChI is InChI=1S/C16H16ClN3O/c1-10-6-7-12(17)9-14(10)13-5-3-2-4-11(13)8-15(21)20-16(18)19/h2-7,9H,8H2,1H3,(H4,18,19,20,21). The van der Waals surface area contributed by atoms with E-state index in [1.807, 2.05) is 49.4 Å². The minimum Gasteiger partial charge on any atom is -0.370 e. The van der Waals surface area contributed by atoms with Crippen molar-refractivity contribution in [3.63, 3.8) is 0 Å². The predicted octanol–water partition coefficient (Wildman–Crippen LogP) is 2.66. The second kappa shape index (κ2) is 6.41. The number of aliphatic imine (C=N–C) groups is 1. The molecule has 0 spiro atoms. The molecule has 0 bridgehead atoms. The van der Waals surface area contributed by atoms with E-state index in [4.69, 9.17) is 23.1 Å². The molecule has 108 valence electrons. The first-order valence-electron chi connectivity index (χ1n) is 6.44.